The third kappa shape index (κ3) is 5.13. The highest BCUT2D eigenvalue weighted by Gasteiger charge is 2.14. The van der Waals surface area contributed by atoms with Gasteiger partial charge in [0, 0.05) is 16.7 Å². The number of aryl methyl sites for hydroxylation is 1. The van der Waals surface area contributed by atoms with Crippen molar-refractivity contribution in [3.63, 3.8) is 0 Å². The van der Waals surface area contributed by atoms with Crippen molar-refractivity contribution in [1.82, 2.24) is 5.32 Å². The summed E-state index contributed by atoms with van der Waals surface area (Å²) in [5.41, 5.74) is 1.33. The molecule has 0 aromatic heterocycles. The summed E-state index contributed by atoms with van der Waals surface area (Å²) in [7, 11) is 0. The molecule has 0 heterocycles. The lowest BCUT2D eigenvalue weighted by Crippen LogP contribution is -2.36. The van der Waals surface area contributed by atoms with E-state index < -0.39 is 0 Å². The van der Waals surface area contributed by atoms with E-state index in [4.69, 9.17) is 0 Å². The Hall–Kier alpha value is -0.470. The molecule has 0 aliphatic heterocycles. The summed E-state index contributed by atoms with van der Waals surface area (Å²) in [6.45, 7) is 9.99. The zero-order chi connectivity index (χ0) is 12.7. The summed E-state index contributed by atoms with van der Waals surface area (Å²) < 4.78 is 0. The van der Waals surface area contributed by atoms with Gasteiger partial charge in [0.25, 0.3) is 0 Å². The van der Waals surface area contributed by atoms with Gasteiger partial charge in [0.2, 0.25) is 0 Å². The number of hydrogen-bond acceptors (Lipinski definition) is 2. The Morgan fingerprint density at radius 2 is 1.82 bits per heavy atom. The summed E-state index contributed by atoms with van der Waals surface area (Å²) in [6, 6.07) is 9.44. The molecule has 1 aromatic rings. The Labute approximate surface area is 110 Å². The number of rotatable bonds is 7. The van der Waals surface area contributed by atoms with Crippen molar-refractivity contribution in [2.75, 3.05) is 12.3 Å². The Kier molecular flexibility index (Phi) is 6.68. The Balaban J connectivity index is 2.48. The van der Waals surface area contributed by atoms with Crippen molar-refractivity contribution >= 4 is 11.8 Å². The van der Waals surface area contributed by atoms with Gasteiger partial charge in [-0.05, 0) is 31.5 Å². The fourth-order valence-electron chi connectivity index (χ4n) is 1.79. The van der Waals surface area contributed by atoms with Gasteiger partial charge in [-0.3, -0.25) is 0 Å². The van der Waals surface area contributed by atoms with Crippen molar-refractivity contribution in [3.8, 4) is 0 Å². The highest BCUT2D eigenvalue weighted by molar-refractivity contribution is 7.99. The molecule has 1 N–H and O–H groups in total. The molecule has 0 aliphatic rings. The molecule has 0 saturated heterocycles. The first-order valence-corrected chi connectivity index (χ1v) is 7.58. The van der Waals surface area contributed by atoms with Crippen LogP contribution >= 0.6 is 11.8 Å². The lowest BCUT2D eigenvalue weighted by molar-refractivity contribution is 0.404. The van der Waals surface area contributed by atoms with E-state index in [1.54, 1.807) is 0 Å². The lowest BCUT2D eigenvalue weighted by atomic mass is 10.0. The van der Waals surface area contributed by atoms with Gasteiger partial charge in [-0.25, -0.2) is 0 Å². The molecule has 0 amide bonds. The van der Waals surface area contributed by atoms with Crippen LogP contribution in [0.3, 0.4) is 0 Å². The minimum absolute atomic E-state index is 0.622. The summed E-state index contributed by atoms with van der Waals surface area (Å²) in [4.78, 5) is 1.38. The van der Waals surface area contributed by atoms with Gasteiger partial charge in [-0.2, -0.15) is 0 Å². The molecule has 2 unspecified atom stereocenters. The van der Waals surface area contributed by atoms with E-state index in [2.05, 4.69) is 57.3 Å². The first-order valence-electron chi connectivity index (χ1n) is 6.60. The Morgan fingerprint density at radius 1 is 1.18 bits per heavy atom. The van der Waals surface area contributed by atoms with E-state index in [1.165, 1.54) is 16.9 Å². The van der Waals surface area contributed by atoms with Crippen LogP contribution in [0.15, 0.2) is 29.2 Å². The SMILES string of the molecule is CCNC(CSc1ccc(C)cc1)C(C)CC. The molecule has 0 saturated carbocycles. The molecular formula is C15H25NS. The van der Waals surface area contributed by atoms with Crippen LogP contribution in [-0.4, -0.2) is 18.3 Å². The molecular weight excluding hydrogens is 226 g/mol. The van der Waals surface area contributed by atoms with E-state index in [0.29, 0.717) is 6.04 Å². The van der Waals surface area contributed by atoms with Gasteiger partial charge >= 0.3 is 0 Å². The first kappa shape index (κ1) is 14.6. The third-order valence-corrected chi connectivity index (χ3v) is 4.38. The quantitative estimate of drug-likeness (QED) is 0.732. The summed E-state index contributed by atoms with van der Waals surface area (Å²) in [5, 5.41) is 3.59. The fourth-order valence-corrected chi connectivity index (χ4v) is 2.94. The standard InChI is InChI=1S/C15H25NS/c1-5-13(4)15(16-6-2)11-17-14-9-7-12(3)8-10-14/h7-10,13,15-16H,5-6,11H2,1-4H3. The number of hydrogen-bond donors (Lipinski definition) is 1. The van der Waals surface area contributed by atoms with Crippen LogP contribution in [0.4, 0.5) is 0 Å². The van der Waals surface area contributed by atoms with Gasteiger partial charge < -0.3 is 5.32 Å². The molecule has 0 bridgehead atoms. The number of nitrogens with one attached hydrogen (secondary N) is 1. The van der Waals surface area contributed by atoms with Gasteiger partial charge in [-0.1, -0.05) is 44.9 Å². The van der Waals surface area contributed by atoms with Crippen LogP contribution in [0.5, 0.6) is 0 Å². The molecule has 96 valence electrons. The second-order valence-electron chi connectivity index (χ2n) is 4.67. The van der Waals surface area contributed by atoms with Crippen molar-refractivity contribution in [3.05, 3.63) is 29.8 Å². The normalized spacial score (nSPS) is 14.6. The molecule has 1 nitrogen and oxygen atoms in total. The Morgan fingerprint density at radius 3 is 2.35 bits per heavy atom. The van der Waals surface area contributed by atoms with E-state index in [1.807, 2.05) is 11.8 Å². The fraction of sp³-hybridized carbons (Fsp3) is 0.600. The molecule has 0 fully saturated rings. The van der Waals surface area contributed by atoms with E-state index in [-0.39, 0.29) is 0 Å². The first-order chi connectivity index (χ1) is 8.17. The molecule has 2 heteroatoms. The van der Waals surface area contributed by atoms with Crippen LogP contribution in [-0.2, 0) is 0 Å². The third-order valence-electron chi connectivity index (χ3n) is 3.25. The van der Waals surface area contributed by atoms with Crippen LogP contribution in [0.25, 0.3) is 0 Å². The van der Waals surface area contributed by atoms with Crippen molar-refractivity contribution in [2.24, 2.45) is 5.92 Å². The predicted octanol–water partition coefficient (Wildman–Crippen LogP) is 4.11. The van der Waals surface area contributed by atoms with E-state index in [9.17, 15) is 0 Å². The molecule has 1 rings (SSSR count). The predicted molar refractivity (Wildman–Crippen MR) is 78.8 cm³/mol. The maximum atomic E-state index is 3.59. The van der Waals surface area contributed by atoms with Gasteiger partial charge in [0.15, 0.2) is 0 Å². The van der Waals surface area contributed by atoms with Crippen LogP contribution in [0, 0.1) is 12.8 Å². The largest absolute Gasteiger partial charge is 0.313 e. The highest BCUT2D eigenvalue weighted by Crippen LogP contribution is 2.22. The second kappa shape index (κ2) is 7.78. The van der Waals surface area contributed by atoms with Crippen LogP contribution in [0.2, 0.25) is 0 Å². The zero-order valence-electron chi connectivity index (χ0n) is 11.5. The smallest absolute Gasteiger partial charge is 0.0187 e. The van der Waals surface area contributed by atoms with Gasteiger partial charge in [0.05, 0.1) is 0 Å². The average Bonchev–Trinajstić information content (AvgIpc) is 2.35. The topological polar surface area (TPSA) is 12.0 Å². The molecule has 2 atom stereocenters. The van der Waals surface area contributed by atoms with Gasteiger partial charge in [-0.15, -0.1) is 11.8 Å². The lowest BCUT2D eigenvalue weighted by Gasteiger charge is -2.23. The molecule has 0 spiro atoms. The molecule has 1 aromatic carbocycles. The van der Waals surface area contributed by atoms with Crippen molar-refractivity contribution < 1.29 is 0 Å². The van der Waals surface area contributed by atoms with E-state index in [0.717, 1.165) is 18.2 Å². The maximum Gasteiger partial charge on any atom is 0.0187 e. The molecule has 0 aliphatic carbocycles. The monoisotopic (exact) mass is 251 g/mol. The molecule has 17 heavy (non-hydrogen) atoms. The van der Waals surface area contributed by atoms with Crippen molar-refractivity contribution in [2.45, 2.75) is 45.1 Å². The second-order valence-corrected chi connectivity index (χ2v) is 5.77. The number of thioether (sulfide) groups is 1. The van der Waals surface area contributed by atoms with E-state index >= 15 is 0 Å². The van der Waals surface area contributed by atoms with Crippen LogP contribution in [0.1, 0.15) is 32.8 Å². The summed E-state index contributed by atoms with van der Waals surface area (Å²) in [6.07, 6.45) is 1.24. The summed E-state index contributed by atoms with van der Waals surface area (Å²) >= 11 is 1.96. The highest BCUT2D eigenvalue weighted by atomic mass is 32.2. The van der Waals surface area contributed by atoms with Crippen molar-refractivity contribution in [1.29, 1.82) is 0 Å². The minimum Gasteiger partial charge on any atom is -0.313 e. The molecule has 0 radical (unpaired) electrons. The average molecular weight is 251 g/mol. The zero-order valence-corrected chi connectivity index (χ0v) is 12.3. The maximum absolute atomic E-state index is 3.59. The van der Waals surface area contributed by atoms with Gasteiger partial charge in [0.1, 0.15) is 0 Å². The number of benzene rings is 1. The Bertz CT molecular complexity index is 307. The summed E-state index contributed by atoms with van der Waals surface area (Å²) in [5.74, 6) is 1.90. The van der Waals surface area contributed by atoms with Crippen LogP contribution < -0.4 is 5.32 Å². The minimum atomic E-state index is 0.622.